The van der Waals surface area contributed by atoms with E-state index in [1.807, 2.05) is 19.0 Å². The lowest BCUT2D eigenvalue weighted by Gasteiger charge is -2.18. The van der Waals surface area contributed by atoms with E-state index < -0.39 is 0 Å². The van der Waals surface area contributed by atoms with E-state index in [9.17, 15) is 4.79 Å². The molecule has 0 aliphatic heterocycles. The van der Waals surface area contributed by atoms with E-state index in [1.54, 1.807) is 0 Å². The molecule has 0 spiro atoms. The first-order valence-corrected chi connectivity index (χ1v) is 5.50. The zero-order chi connectivity index (χ0) is 11.8. The lowest BCUT2D eigenvalue weighted by molar-refractivity contribution is -0.122. The Bertz CT molecular complexity index is 181. The van der Waals surface area contributed by atoms with Gasteiger partial charge in [-0.2, -0.15) is 0 Å². The second kappa shape index (κ2) is 7.65. The quantitative estimate of drug-likeness (QED) is 0.650. The van der Waals surface area contributed by atoms with Gasteiger partial charge >= 0.3 is 0 Å². The summed E-state index contributed by atoms with van der Waals surface area (Å²) in [7, 11) is 3.87. The van der Waals surface area contributed by atoms with Gasteiger partial charge < -0.3 is 15.3 Å². The molecule has 0 bridgehead atoms. The van der Waals surface area contributed by atoms with Crippen molar-refractivity contribution in [1.82, 2.24) is 10.2 Å². The van der Waals surface area contributed by atoms with Crippen molar-refractivity contribution in [3.05, 3.63) is 0 Å². The van der Waals surface area contributed by atoms with Gasteiger partial charge in [0.15, 0.2) is 0 Å². The van der Waals surface area contributed by atoms with Crippen LogP contribution in [0.2, 0.25) is 0 Å². The van der Waals surface area contributed by atoms with Crippen molar-refractivity contribution >= 4 is 5.91 Å². The summed E-state index contributed by atoms with van der Waals surface area (Å²) in [6.07, 6.45) is 1.31. The molecule has 0 radical (unpaired) electrons. The number of nitrogens with one attached hydrogen (secondary N) is 1. The maximum Gasteiger partial charge on any atom is 0.221 e. The molecule has 4 nitrogen and oxygen atoms in total. The highest BCUT2D eigenvalue weighted by atomic mass is 16.3. The summed E-state index contributed by atoms with van der Waals surface area (Å²) in [4.78, 5) is 13.4. The summed E-state index contributed by atoms with van der Waals surface area (Å²) in [5, 5.41) is 11.9. The molecule has 0 saturated carbocycles. The van der Waals surface area contributed by atoms with Crippen molar-refractivity contribution in [1.29, 1.82) is 0 Å². The number of amides is 1. The number of carbonyl (C=O) groups is 1. The smallest absolute Gasteiger partial charge is 0.221 e. The highest BCUT2D eigenvalue weighted by Crippen LogP contribution is 2.04. The Morgan fingerprint density at radius 2 is 2.00 bits per heavy atom. The lowest BCUT2D eigenvalue weighted by Crippen LogP contribution is -2.39. The standard InChI is InChI=1S/C11H24N2O2/c1-9(2)7-10(8-14)12-11(15)5-6-13(3)4/h9-10,14H,5-8H2,1-4H3,(H,12,15). The van der Waals surface area contributed by atoms with Crippen LogP contribution < -0.4 is 5.32 Å². The molecular weight excluding hydrogens is 192 g/mol. The van der Waals surface area contributed by atoms with Gasteiger partial charge in [0.1, 0.15) is 0 Å². The Balaban J connectivity index is 3.80. The minimum atomic E-state index is -0.0975. The van der Waals surface area contributed by atoms with Crippen LogP contribution in [0.4, 0.5) is 0 Å². The number of rotatable bonds is 7. The summed E-state index contributed by atoms with van der Waals surface area (Å²) in [6.45, 7) is 4.92. The summed E-state index contributed by atoms with van der Waals surface area (Å²) in [5.41, 5.74) is 0. The Labute approximate surface area is 92.7 Å². The first-order chi connectivity index (χ1) is 6.95. The van der Waals surface area contributed by atoms with Crippen LogP contribution in [-0.2, 0) is 4.79 Å². The van der Waals surface area contributed by atoms with Crippen LogP contribution in [0.25, 0.3) is 0 Å². The molecule has 1 amide bonds. The second-order valence-corrected chi connectivity index (χ2v) is 4.63. The topological polar surface area (TPSA) is 52.6 Å². The number of hydrogen-bond donors (Lipinski definition) is 2. The predicted molar refractivity (Wildman–Crippen MR) is 61.6 cm³/mol. The molecule has 0 aromatic rings. The average molecular weight is 216 g/mol. The van der Waals surface area contributed by atoms with Gasteiger partial charge in [0, 0.05) is 13.0 Å². The maximum atomic E-state index is 11.4. The molecule has 0 fully saturated rings. The van der Waals surface area contributed by atoms with E-state index in [1.165, 1.54) is 0 Å². The van der Waals surface area contributed by atoms with E-state index >= 15 is 0 Å². The highest BCUT2D eigenvalue weighted by Gasteiger charge is 2.12. The fourth-order valence-corrected chi connectivity index (χ4v) is 1.37. The Morgan fingerprint density at radius 1 is 1.40 bits per heavy atom. The molecule has 0 aromatic heterocycles. The zero-order valence-corrected chi connectivity index (χ0v) is 10.3. The Kier molecular flexibility index (Phi) is 7.34. The SMILES string of the molecule is CC(C)CC(CO)NC(=O)CCN(C)C. The molecule has 0 aromatic carbocycles. The third kappa shape index (κ3) is 8.39. The van der Waals surface area contributed by atoms with E-state index in [0.29, 0.717) is 12.3 Å². The summed E-state index contributed by atoms with van der Waals surface area (Å²) in [6, 6.07) is -0.0975. The van der Waals surface area contributed by atoms with Crippen molar-refractivity contribution in [2.45, 2.75) is 32.7 Å². The number of aliphatic hydroxyl groups excluding tert-OH is 1. The van der Waals surface area contributed by atoms with Gasteiger partial charge in [0.05, 0.1) is 12.6 Å². The van der Waals surface area contributed by atoms with E-state index in [0.717, 1.165) is 13.0 Å². The first kappa shape index (κ1) is 14.4. The van der Waals surface area contributed by atoms with E-state index in [4.69, 9.17) is 5.11 Å². The molecule has 4 heteroatoms. The maximum absolute atomic E-state index is 11.4. The molecule has 15 heavy (non-hydrogen) atoms. The molecule has 0 aliphatic carbocycles. The molecule has 2 N–H and O–H groups in total. The number of hydrogen-bond acceptors (Lipinski definition) is 3. The number of carbonyl (C=O) groups excluding carboxylic acids is 1. The van der Waals surface area contributed by atoms with Crippen LogP contribution in [0.3, 0.4) is 0 Å². The van der Waals surface area contributed by atoms with Crippen LogP contribution in [0.5, 0.6) is 0 Å². The minimum Gasteiger partial charge on any atom is -0.394 e. The summed E-state index contributed by atoms with van der Waals surface area (Å²) in [5.74, 6) is 0.500. The molecule has 0 rings (SSSR count). The molecule has 0 heterocycles. The lowest BCUT2D eigenvalue weighted by atomic mass is 10.0. The summed E-state index contributed by atoms with van der Waals surface area (Å²) < 4.78 is 0. The summed E-state index contributed by atoms with van der Waals surface area (Å²) >= 11 is 0. The van der Waals surface area contributed by atoms with Gasteiger partial charge in [0.25, 0.3) is 0 Å². The third-order valence-electron chi connectivity index (χ3n) is 2.13. The highest BCUT2D eigenvalue weighted by molar-refractivity contribution is 5.76. The van der Waals surface area contributed by atoms with Gasteiger partial charge in [-0.3, -0.25) is 4.79 Å². The van der Waals surface area contributed by atoms with Gasteiger partial charge in [-0.25, -0.2) is 0 Å². The fourth-order valence-electron chi connectivity index (χ4n) is 1.37. The van der Waals surface area contributed by atoms with Crippen molar-refractivity contribution < 1.29 is 9.90 Å². The van der Waals surface area contributed by atoms with Crippen LogP contribution >= 0.6 is 0 Å². The normalized spacial score (nSPS) is 13.3. The molecule has 1 unspecified atom stereocenters. The molecule has 0 saturated heterocycles. The van der Waals surface area contributed by atoms with Crippen LogP contribution in [0.1, 0.15) is 26.7 Å². The van der Waals surface area contributed by atoms with E-state index in [2.05, 4.69) is 19.2 Å². The van der Waals surface area contributed by atoms with Crippen LogP contribution in [-0.4, -0.2) is 49.2 Å². The van der Waals surface area contributed by atoms with Crippen molar-refractivity contribution in [3.8, 4) is 0 Å². The molecular formula is C11H24N2O2. The third-order valence-corrected chi connectivity index (χ3v) is 2.13. The average Bonchev–Trinajstić information content (AvgIpc) is 2.13. The van der Waals surface area contributed by atoms with Crippen molar-refractivity contribution in [2.24, 2.45) is 5.92 Å². The number of aliphatic hydroxyl groups is 1. The van der Waals surface area contributed by atoms with Crippen LogP contribution in [0, 0.1) is 5.92 Å². The van der Waals surface area contributed by atoms with Gasteiger partial charge in [-0.05, 0) is 26.4 Å². The van der Waals surface area contributed by atoms with Crippen molar-refractivity contribution in [2.75, 3.05) is 27.2 Å². The first-order valence-electron chi connectivity index (χ1n) is 5.50. The largest absolute Gasteiger partial charge is 0.394 e. The predicted octanol–water partition coefficient (Wildman–Crippen LogP) is 0.461. The Morgan fingerprint density at radius 3 is 2.40 bits per heavy atom. The van der Waals surface area contributed by atoms with Crippen molar-refractivity contribution in [3.63, 3.8) is 0 Å². The van der Waals surface area contributed by atoms with Gasteiger partial charge in [0.2, 0.25) is 5.91 Å². The van der Waals surface area contributed by atoms with Gasteiger partial charge in [-0.15, -0.1) is 0 Å². The molecule has 1 atom stereocenters. The van der Waals surface area contributed by atoms with E-state index in [-0.39, 0.29) is 18.6 Å². The minimum absolute atomic E-state index is 0.0170. The molecule has 90 valence electrons. The second-order valence-electron chi connectivity index (χ2n) is 4.63. The van der Waals surface area contributed by atoms with Crippen LogP contribution in [0.15, 0.2) is 0 Å². The zero-order valence-electron chi connectivity index (χ0n) is 10.3. The Hall–Kier alpha value is -0.610. The monoisotopic (exact) mass is 216 g/mol. The number of nitrogens with zero attached hydrogens (tertiary/aromatic N) is 1. The molecule has 0 aliphatic rings. The fraction of sp³-hybridized carbons (Fsp3) is 0.909. The van der Waals surface area contributed by atoms with Gasteiger partial charge in [-0.1, -0.05) is 13.8 Å².